The van der Waals surface area contributed by atoms with Gasteiger partial charge in [0.05, 0.1) is 0 Å². The Morgan fingerprint density at radius 2 is 1.50 bits per heavy atom. The lowest BCUT2D eigenvalue weighted by atomic mass is 9.90. The van der Waals surface area contributed by atoms with E-state index in [1.807, 2.05) is 0 Å². The first-order chi connectivity index (χ1) is 8.59. The minimum absolute atomic E-state index is 0.446. The Hall–Kier alpha value is -0.0400. The van der Waals surface area contributed by atoms with Crippen LogP contribution in [0.5, 0.6) is 0 Å². The highest BCUT2D eigenvalue weighted by Crippen LogP contribution is 2.34. The normalized spacial score (nSPS) is 23.7. The number of hydrogen-bond acceptors (Lipinski definition) is 1. The molecule has 1 saturated heterocycles. The third-order valence-electron chi connectivity index (χ3n) is 5.13. The Morgan fingerprint density at radius 1 is 0.944 bits per heavy atom. The van der Waals surface area contributed by atoms with Crippen molar-refractivity contribution < 1.29 is 0 Å². The van der Waals surface area contributed by atoms with Crippen molar-refractivity contribution in [1.82, 2.24) is 4.90 Å². The molecule has 0 spiro atoms. The maximum absolute atomic E-state index is 2.72. The monoisotopic (exact) mass is 253 g/mol. The van der Waals surface area contributed by atoms with Gasteiger partial charge >= 0.3 is 0 Å². The summed E-state index contributed by atoms with van der Waals surface area (Å²) in [5, 5.41) is 0. The van der Waals surface area contributed by atoms with E-state index in [0.717, 1.165) is 5.92 Å². The summed E-state index contributed by atoms with van der Waals surface area (Å²) >= 11 is 0. The number of hydrogen-bond donors (Lipinski definition) is 0. The Morgan fingerprint density at radius 3 is 2.00 bits per heavy atom. The van der Waals surface area contributed by atoms with E-state index in [9.17, 15) is 0 Å². The second-order valence-corrected chi connectivity index (χ2v) is 6.81. The first-order valence-electron chi connectivity index (χ1n) is 8.34. The maximum atomic E-state index is 2.72. The molecule has 1 rings (SSSR count). The van der Waals surface area contributed by atoms with Gasteiger partial charge in [-0.05, 0) is 45.7 Å². The summed E-state index contributed by atoms with van der Waals surface area (Å²) in [6, 6.07) is 0. The van der Waals surface area contributed by atoms with Gasteiger partial charge in [-0.2, -0.15) is 0 Å². The highest BCUT2D eigenvalue weighted by atomic mass is 15.2. The molecular weight excluding hydrogens is 218 g/mol. The van der Waals surface area contributed by atoms with Gasteiger partial charge in [0.1, 0.15) is 0 Å². The summed E-state index contributed by atoms with van der Waals surface area (Å²) in [5.74, 6) is 0.867. The Bertz CT molecular complexity index is 210. The molecule has 0 N–H and O–H groups in total. The van der Waals surface area contributed by atoms with Crippen molar-refractivity contribution in [2.24, 2.45) is 5.92 Å². The Labute approximate surface area is 115 Å². The fourth-order valence-corrected chi connectivity index (χ4v) is 3.14. The molecule has 1 atom stereocenters. The van der Waals surface area contributed by atoms with Crippen molar-refractivity contribution >= 4 is 0 Å². The van der Waals surface area contributed by atoms with Crippen molar-refractivity contribution in [2.45, 2.75) is 91.0 Å². The summed E-state index contributed by atoms with van der Waals surface area (Å²) in [6.07, 6.45) is 12.9. The molecule has 0 aromatic rings. The van der Waals surface area contributed by atoms with Crippen molar-refractivity contribution in [3.05, 3.63) is 0 Å². The molecular formula is C17H35N. The fraction of sp³-hybridized carbons (Fsp3) is 1.00. The minimum atomic E-state index is 0.446. The van der Waals surface area contributed by atoms with Crippen molar-refractivity contribution in [3.63, 3.8) is 0 Å². The number of nitrogens with zero attached hydrogens (tertiary/aromatic N) is 1. The molecule has 0 saturated carbocycles. The lowest BCUT2D eigenvalue weighted by molar-refractivity contribution is 0.142. The van der Waals surface area contributed by atoms with Gasteiger partial charge in [-0.1, -0.05) is 58.8 Å². The van der Waals surface area contributed by atoms with E-state index in [0.29, 0.717) is 5.54 Å². The quantitative estimate of drug-likeness (QED) is 0.507. The zero-order valence-electron chi connectivity index (χ0n) is 13.3. The summed E-state index contributed by atoms with van der Waals surface area (Å²) in [7, 11) is 0. The second kappa shape index (κ2) is 8.19. The van der Waals surface area contributed by atoms with Gasteiger partial charge in [-0.25, -0.2) is 0 Å². The molecule has 1 nitrogen and oxygen atoms in total. The predicted molar refractivity (Wildman–Crippen MR) is 82.0 cm³/mol. The number of unbranched alkanes of at least 4 members (excludes halogenated alkanes) is 7. The smallest absolute Gasteiger partial charge is 0.0179 e. The van der Waals surface area contributed by atoms with Crippen LogP contribution in [0.4, 0.5) is 0 Å². The zero-order valence-corrected chi connectivity index (χ0v) is 13.3. The van der Waals surface area contributed by atoms with Gasteiger partial charge < -0.3 is 0 Å². The average molecular weight is 253 g/mol. The molecule has 1 heteroatoms. The van der Waals surface area contributed by atoms with Gasteiger partial charge in [0.15, 0.2) is 0 Å². The highest BCUT2D eigenvalue weighted by Gasteiger charge is 2.37. The van der Waals surface area contributed by atoms with Gasteiger partial charge in [-0.15, -0.1) is 0 Å². The molecule has 0 aliphatic carbocycles. The largest absolute Gasteiger partial charge is 0.298 e. The highest BCUT2D eigenvalue weighted by molar-refractivity contribution is 4.92. The molecule has 1 aliphatic rings. The number of rotatable bonds is 9. The predicted octanol–water partition coefficient (Wildman–Crippen LogP) is 5.25. The van der Waals surface area contributed by atoms with Gasteiger partial charge in [-0.3, -0.25) is 4.90 Å². The van der Waals surface area contributed by atoms with Crippen LogP contribution in [0.25, 0.3) is 0 Å². The summed E-state index contributed by atoms with van der Waals surface area (Å²) in [4.78, 5) is 2.72. The zero-order chi connectivity index (χ0) is 13.4. The SMILES string of the molecule is CCCCCCCCCCN1CCC(C)C1(C)C. The third-order valence-corrected chi connectivity index (χ3v) is 5.13. The first kappa shape index (κ1) is 16.0. The van der Waals surface area contributed by atoms with E-state index < -0.39 is 0 Å². The van der Waals surface area contributed by atoms with Crippen LogP contribution < -0.4 is 0 Å². The summed E-state index contributed by atoms with van der Waals surface area (Å²) < 4.78 is 0. The number of likely N-dealkylation sites (tertiary alicyclic amines) is 1. The minimum Gasteiger partial charge on any atom is -0.298 e. The first-order valence-corrected chi connectivity index (χ1v) is 8.34. The molecule has 0 aromatic carbocycles. The van der Waals surface area contributed by atoms with E-state index >= 15 is 0 Å². The van der Waals surface area contributed by atoms with E-state index in [1.54, 1.807) is 0 Å². The van der Waals surface area contributed by atoms with Crippen LogP contribution in [-0.4, -0.2) is 23.5 Å². The summed E-state index contributed by atoms with van der Waals surface area (Å²) in [5.41, 5.74) is 0.446. The molecule has 0 bridgehead atoms. The van der Waals surface area contributed by atoms with E-state index in [1.165, 1.54) is 70.9 Å². The Balaban J connectivity index is 1.98. The van der Waals surface area contributed by atoms with Crippen LogP contribution in [-0.2, 0) is 0 Å². The molecule has 1 fully saturated rings. The molecule has 108 valence electrons. The molecule has 18 heavy (non-hydrogen) atoms. The van der Waals surface area contributed by atoms with E-state index in [4.69, 9.17) is 0 Å². The average Bonchev–Trinajstić information content (AvgIpc) is 2.59. The molecule has 1 unspecified atom stereocenters. The van der Waals surface area contributed by atoms with Crippen LogP contribution >= 0.6 is 0 Å². The van der Waals surface area contributed by atoms with Crippen LogP contribution in [0, 0.1) is 5.92 Å². The van der Waals surface area contributed by atoms with Crippen LogP contribution in [0.1, 0.15) is 85.5 Å². The standard InChI is InChI=1S/C17H35N/c1-5-6-7-8-9-10-11-12-14-18-15-13-16(2)17(18,3)4/h16H,5-15H2,1-4H3. The topological polar surface area (TPSA) is 3.24 Å². The maximum Gasteiger partial charge on any atom is 0.0179 e. The van der Waals surface area contributed by atoms with Crippen LogP contribution in [0.3, 0.4) is 0 Å². The lowest BCUT2D eigenvalue weighted by Gasteiger charge is -2.34. The van der Waals surface area contributed by atoms with E-state index in [-0.39, 0.29) is 0 Å². The van der Waals surface area contributed by atoms with Gasteiger partial charge in [0.25, 0.3) is 0 Å². The van der Waals surface area contributed by atoms with Gasteiger partial charge in [0, 0.05) is 5.54 Å². The Kier molecular flexibility index (Phi) is 7.29. The second-order valence-electron chi connectivity index (χ2n) is 6.81. The molecule has 0 amide bonds. The fourth-order valence-electron chi connectivity index (χ4n) is 3.14. The molecule has 1 aliphatic heterocycles. The van der Waals surface area contributed by atoms with Crippen LogP contribution in [0.15, 0.2) is 0 Å². The van der Waals surface area contributed by atoms with Crippen molar-refractivity contribution in [3.8, 4) is 0 Å². The van der Waals surface area contributed by atoms with Crippen molar-refractivity contribution in [1.29, 1.82) is 0 Å². The van der Waals surface area contributed by atoms with Crippen LogP contribution in [0.2, 0.25) is 0 Å². The van der Waals surface area contributed by atoms with Crippen molar-refractivity contribution in [2.75, 3.05) is 13.1 Å². The third kappa shape index (κ3) is 4.91. The summed E-state index contributed by atoms with van der Waals surface area (Å²) in [6.45, 7) is 12.2. The molecule has 1 heterocycles. The molecule has 0 aromatic heterocycles. The molecule has 0 radical (unpaired) electrons. The lowest BCUT2D eigenvalue weighted by Crippen LogP contribution is -2.42. The van der Waals surface area contributed by atoms with Gasteiger partial charge in [0.2, 0.25) is 0 Å². The van der Waals surface area contributed by atoms with E-state index in [2.05, 4.69) is 32.6 Å².